The second-order valence-electron chi connectivity index (χ2n) is 4.13. The highest BCUT2D eigenvalue weighted by atomic mass is 32.1. The van der Waals surface area contributed by atoms with Gasteiger partial charge in [-0.2, -0.15) is 0 Å². The highest BCUT2D eigenvalue weighted by Crippen LogP contribution is 2.32. The predicted octanol–water partition coefficient (Wildman–Crippen LogP) is 2.08. The van der Waals surface area contributed by atoms with E-state index in [4.69, 9.17) is 0 Å². The van der Waals surface area contributed by atoms with Gasteiger partial charge < -0.3 is 10.6 Å². The Morgan fingerprint density at radius 1 is 1.44 bits per heavy atom. The van der Waals surface area contributed by atoms with E-state index in [0.717, 1.165) is 24.2 Å². The van der Waals surface area contributed by atoms with Crippen molar-refractivity contribution in [1.82, 2.24) is 9.59 Å². The molecule has 0 fully saturated rings. The van der Waals surface area contributed by atoms with Gasteiger partial charge in [0.25, 0.3) is 0 Å². The van der Waals surface area contributed by atoms with Gasteiger partial charge in [0.05, 0.1) is 12.1 Å². The van der Waals surface area contributed by atoms with Crippen LogP contribution >= 0.6 is 11.5 Å². The number of amides is 1. The fraction of sp³-hybridized carbons (Fsp3) is 0.250. The SMILES string of the molecule is O=C(Nc1cnns1)C1CCNc2ccccc21. The number of hydrogen-bond acceptors (Lipinski definition) is 5. The molecular formula is C12H12N4OS. The van der Waals surface area contributed by atoms with Crippen molar-refractivity contribution in [2.24, 2.45) is 0 Å². The molecule has 3 rings (SSSR count). The molecule has 1 aromatic heterocycles. The number of anilines is 2. The van der Waals surface area contributed by atoms with Crippen molar-refractivity contribution in [3.05, 3.63) is 36.0 Å². The van der Waals surface area contributed by atoms with Gasteiger partial charge in [0.2, 0.25) is 5.91 Å². The van der Waals surface area contributed by atoms with E-state index < -0.39 is 0 Å². The van der Waals surface area contributed by atoms with Crippen molar-refractivity contribution in [2.75, 3.05) is 17.2 Å². The van der Waals surface area contributed by atoms with Gasteiger partial charge in [0.15, 0.2) is 0 Å². The maximum absolute atomic E-state index is 12.2. The lowest BCUT2D eigenvalue weighted by molar-refractivity contribution is -0.117. The fourth-order valence-corrected chi connectivity index (χ4v) is 2.59. The molecule has 1 aliphatic rings. The van der Waals surface area contributed by atoms with E-state index in [2.05, 4.69) is 20.2 Å². The molecule has 92 valence electrons. The van der Waals surface area contributed by atoms with E-state index in [1.165, 1.54) is 11.5 Å². The zero-order valence-corrected chi connectivity index (χ0v) is 10.4. The van der Waals surface area contributed by atoms with Gasteiger partial charge in [-0.05, 0) is 18.1 Å². The number of hydrogen-bond donors (Lipinski definition) is 2. The van der Waals surface area contributed by atoms with Crippen LogP contribution in [-0.4, -0.2) is 22.0 Å². The molecule has 0 aliphatic carbocycles. The van der Waals surface area contributed by atoms with Crippen molar-refractivity contribution in [3.63, 3.8) is 0 Å². The zero-order chi connectivity index (χ0) is 12.4. The van der Waals surface area contributed by atoms with Crippen molar-refractivity contribution >= 4 is 28.1 Å². The molecule has 2 aromatic rings. The van der Waals surface area contributed by atoms with Crippen molar-refractivity contribution in [3.8, 4) is 0 Å². The normalized spacial score (nSPS) is 17.7. The predicted molar refractivity (Wildman–Crippen MR) is 70.8 cm³/mol. The molecule has 18 heavy (non-hydrogen) atoms. The van der Waals surface area contributed by atoms with Crippen LogP contribution in [0.3, 0.4) is 0 Å². The van der Waals surface area contributed by atoms with Crippen molar-refractivity contribution < 1.29 is 4.79 Å². The summed E-state index contributed by atoms with van der Waals surface area (Å²) >= 11 is 1.19. The van der Waals surface area contributed by atoms with E-state index in [1.807, 2.05) is 24.3 Å². The summed E-state index contributed by atoms with van der Waals surface area (Å²) < 4.78 is 3.73. The Morgan fingerprint density at radius 2 is 2.33 bits per heavy atom. The molecule has 1 unspecified atom stereocenters. The second-order valence-corrected chi connectivity index (χ2v) is 4.91. The lowest BCUT2D eigenvalue weighted by Crippen LogP contribution is -2.27. The Balaban J connectivity index is 1.83. The summed E-state index contributed by atoms with van der Waals surface area (Å²) in [6, 6.07) is 7.93. The minimum Gasteiger partial charge on any atom is -0.385 e. The molecule has 1 aliphatic heterocycles. The van der Waals surface area contributed by atoms with Crippen LogP contribution in [0.1, 0.15) is 17.9 Å². The largest absolute Gasteiger partial charge is 0.385 e. The molecule has 6 heteroatoms. The third kappa shape index (κ3) is 2.06. The highest BCUT2D eigenvalue weighted by Gasteiger charge is 2.26. The van der Waals surface area contributed by atoms with Gasteiger partial charge in [-0.1, -0.05) is 22.7 Å². The average molecular weight is 260 g/mol. The molecular weight excluding hydrogens is 248 g/mol. The Bertz CT molecular complexity index is 555. The van der Waals surface area contributed by atoms with Crippen LogP contribution in [0.5, 0.6) is 0 Å². The van der Waals surface area contributed by atoms with E-state index in [0.29, 0.717) is 5.00 Å². The molecule has 0 saturated heterocycles. The number of nitrogens with zero attached hydrogens (tertiary/aromatic N) is 2. The van der Waals surface area contributed by atoms with Crippen molar-refractivity contribution in [2.45, 2.75) is 12.3 Å². The number of carbonyl (C=O) groups is 1. The number of para-hydroxylation sites is 1. The Hall–Kier alpha value is -1.95. The van der Waals surface area contributed by atoms with Crippen LogP contribution in [0.2, 0.25) is 0 Å². The third-order valence-electron chi connectivity index (χ3n) is 3.01. The van der Waals surface area contributed by atoms with E-state index >= 15 is 0 Å². The van der Waals surface area contributed by atoms with E-state index in [9.17, 15) is 4.79 Å². The summed E-state index contributed by atoms with van der Waals surface area (Å²) in [4.78, 5) is 12.2. The molecule has 0 radical (unpaired) electrons. The van der Waals surface area contributed by atoms with Crippen LogP contribution in [0.15, 0.2) is 30.5 Å². The molecule has 0 bridgehead atoms. The van der Waals surface area contributed by atoms with Gasteiger partial charge in [0.1, 0.15) is 5.00 Å². The lowest BCUT2D eigenvalue weighted by atomic mass is 9.90. The smallest absolute Gasteiger partial charge is 0.232 e. The first kappa shape index (κ1) is 11.2. The first-order valence-corrected chi connectivity index (χ1v) is 6.53. The molecule has 0 saturated carbocycles. The number of aromatic nitrogens is 2. The monoisotopic (exact) mass is 260 g/mol. The number of nitrogens with one attached hydrogen (secondary N) is 2. The summed E-state index contributed by atoms with van der Waals surface area (Å²) in [6.07, 6.45) is 2.37. The van der Waals surface area contributed by atoms with E-state index in [1.54, 1.807) is 6.20 Å². The molecule has 1 amide bonds. The van der Waals surface area contributed by atoms with Gasteiger partial charge in [0, 0.05) is 23.8 Å². The maximum Gasteiger partial charge on any atom is 0.232 e. The summed E-state index contributed by atoms with van der Waals surface area (Å²) in [5, 5.41) is 10.6. The number of fused-ring (bicyclic) bond motifs is 1. The highest BCUT2D eigenvalue weighted by molar-refractivity contribution is 7.10. The second kappa shape index (κ2) is 4.73. The summed E-state index contributed by atoms with van der Waals surface area (Å²) in [5.41, 5.74) is 2.10. The number of carbonyl (C=O) groups excluding carboxylic acids is 1. The maximum atomic E-state index is 12.2. The minimum absolute atomic E-state index is 0.00926. The van der Waals surface area contributed by atoms with Gasteiger partial charge in [-0.15, -0.1) is 5.10 Å². The molecule has 1 atom stereocenters. The summed E-state index contributed by atoms with van der Waals surface area (Å²) in [5.74, 6) is -0.0976. The van der Waals surface area contributed by atoms with Crippen molar-refractivity contribution in [1.29, 1.82) is 0 Å². The first-order chi connectivity index (χ1) is 8.84. The van der Waals surface area contributed by atoms with Crippen LogP contribution < -0.4 is 10.6 Å². The number of benzene rings is 1. The molecule has 0 spiro atoms. The zero-order valence-electron chi connectivity index (χ0n) is 9.59. The quantitative estimate of drug-likeness (QED) is 0.867. The first-order valence-electron chi connectivity index (χ1n) is 5.75. The molecule has 2 N–H and O–H groups in total. The fourth-order valence-electron chi connectivity index (χ4n) is 2.17. The summed E-state index contributed by atoms with van der Waals surface area (Å²) in [7, 11) is 0. The Labute approximate surface area is 108 Å². The minimum atomic E-state index is -0.107. The molecule has 2 heterocycles. The van der Waals surface area contributed by atoms with Gasteiger partial charge in [-0.25, -0.2) is 0 Å². The third-order valence-corrected chi connectivity index (χ3v) is 3.59. The topological polar surface area (TPSA) is 66.9 Å². The lowest BCUT2D eigenvalue weighted by Gasteiger charge is -2.25. The number of rotatable bonds is 2. The van der Waals surface area contributed by atoms with Crippen LogP contribution in [0.25, 0.3) is 0 Å². The van der Waals surface area contributed by atoms with Crippen LogP contribution in [0, 0.1) is 0 Å². The molecule has 5 nitrogen and oxygen atoms in total. The van der Waals surface area contributed by atoms with Gasteiger partial charge in [-0.3, -0.25) is 4.79 Å². The molecule has 1 aromatic carbocycles. The van der Waals surface area contributed by atoms with Crippen LogP contribution in [0.4, 0.5) is 10.7 Å². The van der Waals surface area contributed by atoms with E-state index in [-0.39, 0.29) is 11.8 Å². The Kier molecular flexibility index (Phi) is 2.93. The standard InChI is InChI=1S/C12H12N4OS/c17-12(15-11-7-14-16-18-11)9-5-6-13-10-4-2-1-3-8(9)10/h1-4,7,9,13H,5-6H2,(H,15,17). The van der Waals surface area contributed by atoms with Crippen LogP contribution in [-0.2, 0) is 4.79 Å². The Morgan fingerprint density at radius 3 is 3.17 bits per heavy atom. The van der Waals surface area contributed by atoms with Gasteiger partial charge >= 0.3 is 0 Å². The summed E-state index contributed by atoms with van der Waals surface area (Å²) in [6.45, 7) is 0.816. The average Bonchev–Trinajstić information content (AvgIpc) is 2.91.